The number of nitrogens with one attached hydrogen (secondary N) is 1. The van der Waals surface area contributed by atoms with Gasteiger partial charge >= 0.3 is 0 Å². The van der Waals surface area contributed by atoms with Gasteiger partial charge in [0.05, 0.1) is 11.3 Å². The van der Waals surface area contributed by atoms with Crippen LogP contribution in [0.25, 0.3) is 22.4 Å². The highest BCUT2D eigenvalue weighted by Gasteiger charge is 2.15. The van der Waals surface area contributed by atoms with Gasteiger partial charge in [0, 0.05) is 22.4 Å². The molecule has 0 aliphatic rings. The fourth-order valence-corrected chi connectivity index (χ4v) is 2.59. The fourth-order valence-electron chi connectivity index (χ4n) is 2.19. The number of anilines is 1. The second-order valence-electron chi connectivity index (χ2n) is 4.62. The number of nitrogen functional groups attached to an aromatic ring is 1. The highest BCUT2D eigenvalue weighted by atomic mass is 79.9. The number of nitrogens with two attached hydrogens (primary N) is 1. The van der Waals surface area contributed by atoms with Gasteiger partial charge in [0.1, 0.15) is 0 Å². The molecule has 1 aromatic carbocycles. The van der Waals surface area contributed by atoms with E-state index in [-0.39, 0.29) is 0 Å². The Bertz CT molecular complexity index is 764. The second kappa shape index (κ2) is 5.09. The summed E-state index contributed by atoms with van der Waals surface area (Å²) in [4.78, 5) is 4.22. The van der Waals surface area contributed by atoms with Gasteiger partial charge in [-0.3, -0.25) is 10.1 Å². The van der Waals surface area contributed by atoms with E-state index in [0.717, 1.165) is 32.4 Å². The molecule has 0 fully saturated rings. The molecule has 3 N–H and O–H groups in total. The van der Waals surface area contributed by atoms with Gasteiger partial charge in [0.2, 0.25) is 0 Å². The molecular weight excluding hydrogens is 316 g/mol. The van der Waals surface area contributed by atoms with Crippen LogP contribution in [0, 0.1) is 6.92 Å². The van der Waals surface area contributed by atoms with Gasteiger partial charge in [0.15, 0.2) is 5.82 Å². The summed E-state index contributed by atoms with van der Waals surface area (Å²) in [7, 11) is 0. The largest absolute Gasteiger partial charge is 0.382 e. The van der Waals surface area contributed by atoms with Crippen molar-refractivity contribution in [2.24, 2.45) is 0 Å². The van der Waals surface area contributed by atoms with E-state index < -0.39 is 0 Å². The molecule has 0 unspecified atom stereocenters. The van der Waals surface area contributed by atoms with Crippen molar-refractivity contribution >= 4 is 21.7 Å². The van der Waals surface area contributed by atoms with Crippen molar-refractivity contribution in [2.45, 2.75) is 6.92 Å². The molecule has 3 rings (SSSR count). The van der Waals surface area contributed by atoms with E-state index in [1.807, 2.05) is 37.4 Å². The predicted molar refractivity (Wildman–Crippen MR) is 84.1 cm³/mol. The van der Waals surface area contributed by atoms with Gasteiger partial charge in [-0.15, -0.1) is 0 Å². The maximum atomic E-state index is 6.02. The third-order valence-corrected chi connectivity index (χ3v) is 3.56. The minimum Gasteiger partial charge on any atom is -0.382 e. The Balaban J connectivity index is 2.20. The van der Waals surface area contributed by atoms with Crippen LogP contribution in [0.2, 0.25) is 0 Å². The molecule has 0 aliphatic heterocycles. The molecule has 4 nitrogen and oxygen atoms in total. The number of H-pyrrole nitrogens is 1. The normalized spacial score (nSPS) is 10.7. The molecule has 0 amide bonds. The molecule has 0 aliphatic carbocycles. The number of rotatable bonds is 2. The van der Waals surface area contributed by atoms with Crippen molar-refractivity contribution < 1.29 is 0 Å². The van der Waals surface area contributed by atoms with E-state index in [0.29, 0.717) is 5.82 Å². The van der Waals surface area contributed by atoms with Crippen LogP contribution < -0.4 is 5.73 Å². The number of halogens is 1. The Hall–Kier alpha value is -2.14. The van der Waals surface area contributed by atoms with Gasteiger partial charge in [-0.05, 0) is 36.2 Å². The van der Waals surface area contributed by atoms with E-state index in [1.54, 1.807) is 6.20 Å². The van der Waals surface area contributed by atoms with Gasteiger partial charge in [-0.25, -0.2) is 0 Å². The molecule has 3 aromatic rings. The zero-order chi connectivity index (χ0) is 14.1. The van der Waals surface area contributed by atoms with Crippen LogP contribution in [0.4, 0.5) is 5.82 Å². The van der Waals surface area contributed by atoms with E-state index in [4.69, 9.17) is 5.73 Å². The lowest BCUT2D eigenvalue weighted by Crippen LogP contribution is -1.89. The number of hydrogen-bond acceptors (Lipinski definition) is 3. The van der Waals surface area contributed by atoms with Gasteiger partial charge in [0.25, 0.3) is 0 Å². The number of pyridine rings is 1. The Morgan fingerprint density at radius 2 is 2.00 bits per heavy atom. The number of nitrogens with zero attached hydrogens (tertiary/aromatic N) is 2. The third kappa shape index (κ3) is 2.32. The summed E-state index contributed by atoms with van der Waals surface area (Å²) in [5.41, 5.74) is 10.9. The molecule has 2 aromatic heterocycles. The summed E-state index contributed by atoms with van der Waals surface area (Å²) in [5, 5.41) is 7.14. The number of aromatic amines is 1. The minimum atomic E-state index is 0.486. The summed E-state index contributed by atoms with van der Waals surface area (Å²) in [5.74, 6) is 0.486. The maximum absolute atomic E-state index is 6.02. The Kier molecular flexibility index (Phi) is 3.28. The van der Waals surface area contributed by atoms with Crippen molar-refractivity contribution in [3.63, 3.8) is 0 Å². The van der Waals surface area contributed by atoms with Gasteiger partial charge in [-0.2, -0.15) is 5.10 Å². The molecule has 5 heteroatoms. The van der Waals surface area contributed by atoms with Crippen LogP contribution in [-0.4, -0.2) is 15.2 Å². The van der Waals surface area contributed by atoms with Crippen molar-refractivity contribution in [1.29, 1.82) is 0 Å². The van der Waals surface area contributed by atoms with Crippen molar-refractivity contribution in [3.8, 4) is 22.4 Å². The SMILES string of the molecule is Cc1cncc(-c2[nH]nc(N)c2-c2cccc(Br)c2)c1. The first-order chi connectivity index (χ1) is 9.65. The molecular formula is C15H13BrN4. The minimum absolute atomic E-state index is 0.486. The Labute approximate surface area is 125 Å². The van der Waals surface area contributed by atoms with E-state index in [2.05, 4.69) is 37.2 Å². The summed E-state index contributed by atoms with van der Waals surface area (Å²) in [6.07, 6.45) is 3.63. The zero-order valence-electron chi connectivity index (χ0n) is 10.9. The number of aryl methyl sites for hydroxylation is 1. The fraction of sp³-hybridized carbons (Fsp3) is 0.0667. The van der Waals surface area contributed by atoms with Crippen LogP contribution in [0.15, 0.2) is 47.2 Å². The Morgan fingerprint density at radius 3 is 2.75 bits per heavy atom. The topological polar surface area (TPSA) is 67.6 Å². The van der Waals surface area contributed by atoms with Crippen molar-refractivity contribution in [2.75, 3.05) is 5.73 Å². The van der Waals surface area contributed by atoms with Crippen LogP contribution in [0.5, 0.6) is 0 Å². The number of hydrogen-bond donors (Lipinski definition) is 2. The lowest BCUT2D eigenvalue weighted by Gasteiger charge is -2.05. The number of aromatic nitrogens is 3. The lowest BCUT2D eigenvalue weighted by atomic mass is 10.0. The maximum Gasteiger partial charge on any atom is 0.153 e. The van der Waals surface area contributed by atoms with Crippen molar-refractivity contribution in [1.82, 2.24) is 15.2 Å². The first kappa shape index (κ1) is 12.9. The Morgan fingerprint density at radius 1 is 1.15 bits per heavy atom. The quantitative estimate of drug-likeness (QED) is 0.752. The lowest BCUT2D eigenvalue weighted by molar-refractivity contribution is 1.10. The number of benzene rings is 1. The molecule has 20 heavy (non-hydrogen) atoms. The molecule has 0 atom stereocenters. The van der Waals surface area contributed by atoms with Gasteiger partial charge in [-0.1, -0.05) is 28.1 Å². The summed E-state index contributed by atoms with van der Waals surface area (Å²) in [6.45, 7) is 2.01. The van der Waals surface area contributed by atoms with Crippen LogP contribution in [-0.2, 0) is 0 Å². The van der Waals surface area contributed by atoms with Gasteiger partial charge < -0.3 is 5.73 Å². The van der Waals surface area contributed by atoms with Crippen LogP contribution in [0.1, 0.15) is 5.56 Å². The van der Waals surface area contributed by atoms with E-state index in [1.165, 1.54) is 0 Å². The standard InChI is InChI=1S/C15H13BrN4/c1-9-5-11(8-18-7-9)14-13(15(17)20-19-14)10-3-2-4-12(16)6-10/h2-8H,1H3,(H3,17,19,20). The molecule has 0 bridgehead atoms. The molecule has 0 saturated heterocycles. The summed E-state index contributed by atoms with van der Waals surface area (Å²) in [6, 6.07) is 10.0. The van der Waals surface area contributed by atoms with Crippen LogP contribution >= 0.6 is 15.9 Å². The van der Waals surface area contributed by atoms with E-state index in [9.17, 15) is 0 Å². The third-order valence-electron chi connectivity index (χ3n) is 3.07. The zero-order valence-corrected chi connectivity index (χ0v) is 12.5. The summed E-state index contributed by atoms with van der Waals surface area (Å²) >= 11 is 3.48. The second-order valence-corrected chi connectivity index (χ2v) is 5.54. The van der Waals surface area contributed by atoms with Crippen molar-refractivity contribution in [3.05, 3.63) is 52.8 Å². The monoisotopic (exact) mass is 328 g/mol. The predicted octanol–water partition coefficient (Wildman–Crippen LogP) is 3.79. The van der Waals surface area contributed by atoms with E-state index >= 15 is 0 Å². The highest BCUT2D eigenvalue weighted by Crippen LogP contribution is 2.35. The first-order valence-electron chi connectivity index (χ1n) is 6.17. The highest BCUT2D eigenvalue weighted by molar-refractivity contribution is 9.10. The first-order valence-corrected chi connectivity index (χ1v) is 6.96. The average Bonchev–Trinajstić information content (AvgIpc) is 2.80. The molecule has 2 heterocycles. The smallest absolute Gasteiger partial charge is 0.153 e. The molecule has 0 spiro atoms. The average molecular weight is 329 g/mol. The molecule has 0 radical (unpaired) electrons. The molecule has 0 saturated carbocycles. The molecule has 100 valence electrons. The van der Waals surface area contributed by atoms with Crippen LogP contribution in [0.3, 0.4) is 0 Å². The summed E-state index contributed by atoms with van der Waals surface area (Å²) < 4.78 is 1.00.